The molecule has 4 nitrogen and oxygen atoms in total. The van der Waals surface area contributed by atoms with Crippen LogP contribution in [0.25, 0.3) is 10.2 Å². The van der Waals surface area contributed by atoms with Crippen LogP contribution >= 0.6 is 11.3 Å². The Morgan fingerprint density at radius 2 is 2.37 bits per heavy atom. The highest BCUT2D eigenvalue weighted by molar-refractivity contribution is 7.16. The minimum Gasteiger partial charge on any atom is -0.392 e. The van der Waals surface area contributed by atoms with Crippen molar-refractivity contribution in [2.75, 3.05) is 11.9 Å². The van der Waals surface area contributed by atoms with Gasteiger partial charge >= 0.3 is 0 Å². The molecule has 0 amide bonds. The molecule has 0 saturated heterocycles. The van der Waals surface area contributed by atoms with Gasteiger partial charge in [-0.05, 0) is 24.3 Å². The van der Waals surface area contributed by atoms with E-state index in [0.717, 1.165) is 41.8 Å². The maximum atomic E-state index is 10.2. The van der Waals surface area contributed by atoms with Gasteiger partial charge in [0.25, 0.3) is 0 Å². The fourth-order valence-corrected chi connectivity index (χ4v) is 3.54. The zero-order valence-electron chi connectivity index (χ0n) is 11.1. The third-order valence-corrected chi connectivity index (χ3v) is 5.02. The van der Waals surface area contributed by atoms with Gasteiger partial charge in [0.05, 0.1) is 11.5 Å². The van der Waals surface area contributed by atoms with Crippen LogP contribution in [0.15, 0.2) is 17.8 Å². The topological polar surface area (TPSA) is 58.0 Å². The van der Waals surface area contributed by atoms with E-state index in [-0.39, 0.29) is 11.5 Å². The number of aliphatic hydroxyl groups is 1. The molecule has 1 aliphatic carbocycles. The summed E-state index contributed by atoms with van der Waals surface area (Å²) in [5, 5.41) is 16.7. The largest absolute Gasteiger partial charge is 0.392 e. The summed E-state index contributed by atoms with van der Waals surface area (Å²) in [6, 6.07) is 2.04. The van der Waals surface area contributed by atoms with Crippen LogP contribution in [0, 0.1) is 5.41 Å². The second-order valence-electron chi connectivity index (χ2n) is 5.63. The number of fused-ring (bicyclic) bond motifs is 1. The van der Waals surface area contributed by atoms with E-state index < -0.39 is 0 Å². The lowest BCUT2D eigenvalue weighted by Gasteiger charge is -2.38. The summed E-state index contributed by atoms with van der Waals surface area (Å²) < 4.78 is 0. The maximum Gasteiger partial charge on any atom is 0.138 e. The summed E-state index contributed by atoms with van der Waals surface area (Å²) in [6.07, 6.45) is 5.70. The Labute approximate surface area is 116 Å². The zero-order chi connectivity index (χ0) is 13.3. The average molecular weight is 277 g/mol. The number of aromatic nitrogens is 2. The normalized spacial score (nSPS) is 27.6. The number of rotatable bonds is 3. The van der Waals surface area contributed by atoms with Crippen molar-refractivity contribution in [2.24, 2.45) is 5.41 Å². The second kappa shape index (κ2) is 5.06. The van der Waals surface area contributed by atoms with Crippen molar-refractivity contribution in [3.8, 4) is 0 Å². The molecule has 0 spiro atoms. The highest BCUT2D eigenvalue weighted by atomic mass is 32.1. The molecule has 5 heteroatoms. The van der Waals surface area contributed by atoms with E-state index >= 15 is 0 Å². The van der Waals surface area contributed by atoms with Gasteiger partial charge in [-0.15, -0.1) is 11.3 Å². The Hall–Kier alpha value is -1.20. The van der Waals surface area contributed by atoms with Crippen molar-refractivity contribution in [1.82, 2.24) is 9.97 Å². The summed E-state index contributed by atoms with van der Waals surface area (Å²) in [4.78, 5) is 9.58. The van der Waals surface area contributed by atoms with Crippen molar-refractivity contribution < 1.29 is 5.11 Å². The van der Waals surface area contributed by atoms with Crippen molar-refractivity contribution in [1.29, 1.82) is 0 Å². The van der Waals surface area contributed by atoms with Crippen molar-refractivity contribution in [3.63, 3.8) is 0 Å². The van der Waals surface area contributed by atoms with Gasteiger partial charge in [0, 0.05) is 12.0 Å². The first-order valence-corrected chi connectivity index (χ1v) is 7.67. The first-order chi connectivity index (χ1) is 9.19. The standard InChI is InChI=1S/C14H19N3OS/c1-14(6-3-2-4-11(14)18)8-15-12-10-5-7-19-13(10)17-9-16-12/h5,7,9,11,18H,2-4,6,8H2,1H3,(H,15,16,17). The van der Waals surface area contributed by atoms with Crippen LogP contribution in [0.5, 0.6) is 0 Å². The van der Waals surface area contributed by atoms with Gasteiger partial charge in [0.2, 0.25) is 0 Å². The fourth-order valence-electron chi connectivity index (χ4n) is 2.80. The van der Waals surface area contributed by atoms with E-state index in [1.165, 1.54) is 6.42 Å². The molecular weight excluding hydrogens is 258 g/mol. The lowest BCUT2D eigenvalue weighted by atomic mass is 9.73. The molecule has 0 radical (unpaired) electrons. The highest BCUT2D eigenvalue weighted by Gasteiger charge is 2.35. The molecule has 1 fully saturated rings. The van der Waals surface area contributed by atoms with Crippen LogP contribution in [0.1, 0.15) is 32.6 Å². The summed E-state index contributed by atoms with van der Waals surface area (Å²) in [5.41, 5.74) is -0.0501. The lowest BCUT2D eigenvalue weighted by molar-refractivity contribution is 0.00960. The van der Waals surface area contributed by atoms with Crippen LogP contribution in [0.3, 0.4) is 0 Å². The molecule has 19 heavy (non-hydrogen) atoms. The summed E-state index contributed by atoms with van der Waals surface area (Å²) in [6.45, 7) is 2.92. The van der Waals surface area contributed by atoms with E-state index in [2.05, 4.69) is 22.2 Å². The molecule has 3 rings (SSSR count). The number of nitrogens with zero attached hydrogens (tertiary/aromatic N) is 2. The average Bonchev–Trinajstić information content (AvgIpc) is 2.89. The quantitative estimate of drug-likeness (QED) is 0.905. The molecule has 2 atom stereocenters. The summed E-state index contributed by atoms with van der Waals surface area (Å²) >= 11 is 1.62. The molecule has 2 unspecified atom stereocenters. The van der Waals surface area contributed by atoms with Gasteiger partial charge < -0.3 is 10.4 Å². The second-order valence-corrected chi connectivity index (χ2v) is 6.53. The van der Waals surface area contributed by atoms with E-state index in [9.17, 15) is 5.11 Å². The van der Waals surface area contributed by atoms with Crippen LogP contribution in [-0.2, 0) is 0 Å². The van der Waals surface area contributed by atoms with Crippen LogP contribution in [-0.4, -0.2) is 27.7 Å². The highest BCUT2D eigenvalue weighted by Crippen LogP contribution is 2.36. The monoisotopic (exact) mass is 277 g/mol. The molecule has 1 aliphatic rings. The Kier molecular flexibility index (Phi) is 3.41. The van der Waals surface area contributed by atoms with Crippen LogP contribution < -0.4 is 5.32 Å². The van der Waals surface area contributed by atoms with Crippen molar-refractivity contribution in [3.05, 3.63) is 17.8 Å². The molecule has 2 N–H and O–H groups in total. The number of nitrogens with one attached hydrogen (secondary N) is 1. The Morgan fingerprint density at radius 1 is 1.47 bits per heavy atom. The molecule has 2 heterocycles. The smallest absolute Gasteiger partial charge is 0.138 e. The third kappa shape index (κ3) is 2.44. The Balaban J connectivity index is 1.77. The van der Waals surface area contributed by atoms with Gasteiger partial charge in [0.1, 0.15) is 17.0 Å². The fraction of sp³-hybridized carbons (Fsp3) is 0.571. The van der Waals surface area contributed by atoms with Gasteiger partial charge in [-0.3, -0.25) is 0 Å². The van der Waals surface area contributed by atoms with Gasteiger partial charge in [0.15, 0.2) is 0 Å². The first-order valence-electron chi connectivity index (χ1n) is 6.79. The zero-order valence-corrected chi connectivity index (χ0v) is 11.9. The molecule has 0 aliphatic heterocycles. The molecule has 102 valence electrons. The molecule has 1 saturated carbocycles. The summed E-state index contributed by atoms with van der Waals surface area (Å²) in [7, 11) is 0. The predicted molar refractivity (Wildman–Crippen MR) is 78.5 cm³/mol. The SMILES string of the molecule is CC1(CNc2ncnc3sccc23)CCCCC1O. The molecule has 2 aromatic heterocycles. The molecule has 2 aromatic rings. The third-order valence-electron chi connectivity index (χ3n) is 4.20. The number of hydrogen-bond acceptors (Lipinski definition) is 5. The van der Waals surface area contributed by atoms with Crippen LogP contribution in [0.4, 0.5) is 5.82 Å². The molecule has 0 bridgehead atoms. The minimum atomic E-state index is -0.214. The predicted octanol–water partition coefficient (Wildman–Crippen LogP) is 3.04. The number of thiophene rings is 1. The Bertz CT molecular complexity index is 571. The van der Waals surface area contributed by atoms with E-state index in [1.54, 1.807) is 17.7 Å². The molecule has 0 aromatic carbocycles. The van der Waals surface area contributed by atoms with Crippen molar-refractivity contribution >= 4 is 27.4 Å². The van der Waals surface area contributed by atoms with Crippen molar-refractivity contribution in [2.45, 2.75) is 38.7 Å². The van der Waals surface area contributed by atoms with E-state index in [4.69, 9.17) is 0 Å². The van der Waals surface area contributed by atoms with Gasteiger partial charge in [-0.1, -0.05) is 19.8 Å². The molecular formula is C14H19N3OS. The Morgan fingerprint density at radius 3 is 3.21 bits per heavy atom. The number of anilines is 1. The lowest BCUT2D eigenvalue weighted by Crippen LogP contribution is -2.41. The maximum absolute atomic E-state index is 10.2. The van der Waals surface area contributed by atoms with E-state index in [1.807, 2.05) is 11.4 Å². The van der Waals surface area contributed by atoms with Gasteiger partial charge in [-0.25, -0.2) is 9.97 Å². The first kappa shape index (κ1) is 12.8. The van der Waals surface area contributed by atoms with Crippen LogP contribution in [0.2, 0.25) is 0 Å². The number of aliphatic hydroxyl groups excluding tert-OH is 1. The minimum absolute atomic E-state index is 0.0501. The summed E-state index contributed by atoms with van der Waals surface area (Å²) in [5.74, 6) is 0.880. The van der Waals surface area contributed by atoms with E-state index in [0.29, 0.717) is 0 Å². The van der Waals surface area contributed by atoms with Gasteiger partial charge in [-0.2, -0.15) is 0 Å². The number of hydrogen-bond donors (Lipinski definition) is 2.